The quantitative estimate of drug-likeness (QED) is 0.622. The molecule has 0 bridgehead atoms. The van der Waals surface area contributed by atoms with Crippen LogP contribution in [0.5, 0.6) is 0 Å². The predicted octanol–water partition coefficient (Wildman–Crippen LogP) is 2.87. The van der Waals surface area contributed by atoms with E-state index in [4.69, 9.17) is 0 Å². The standard InChI is InChI=1S/C14H9NO/c16-9-11-5-3-7-13-14(11)12-6-2-1-4-10(12)8-15-13/h1-4,6-8H,5H2. The minimum absolute atomic E-state index is 0.645. The first-order valence-corrected chi connectivity index (χ1v) is 5.19. The Kier molecular flexibility index (Phi) is 1.95. The third-order valence-electron chi connectivity index (χ3n) is 2.85. The lowest BCUT2D eigenvalue weighted by Gasteiger charge is -2.13. The third kappa shape index (κ3) is 1.21. The Morgan fingerprint density at radius 2 is 2.12 bits per heavy atom. The zero-order valence-electron chi connectivity index (χ0n) is 8.60. The summed E-state index contributed by atoms with van der Waals surface area (Å²) < 4.78 is 0. The van der Waals surface area contributed by atoms with E-state index in [-0.39, 0.29) is 0 Å². The second-order valence-electron chi connectivity index (χ2n) is 3.79. The molecule has 76 valence electrons. The molecule has 0 spiro atoms. The predicted molar refractivity (Wildman–Crippen MR) is 64.5 cm³/mol. The third-order valence-corrected chi connectivity index (χ3v) is 2.85. The fourth-order valence-electron chi connectivity index (χ4n) is 2.11. The van der Waals surface area contributed by atoms with Gasteiger partial charge in [0.1, 0.15) is 5.94 Å². The van der Waals surface area contributed by atoms with E-state index in [2.05, 4.69) is 4.98 Å². The monoisotopic (exact) mass is 207 g/mol. The van der Waals surface area contributed by atoms with Crippen LogP contribution in [0, 0.1) is 0 Å². The van der Waals surface area contributed by atoms with Crippen LogP contribution in [-0.2, 0) is 4.79 Å². The summed E-state index contributed by atoms with van der Waals surface area (Å²) in [6, 6.07) is 7.97. The van der Waals surface area contributed by atoms with E-state index in [1.165, 1.54) is 0 Å². The lowest BCUT2D eigenvalue weighted by atomic mass is 9.92. The van der Waals surface area contributed by atoms with E-state index in [9.17, 15) is 4.79 Å². The highest BCUT2D eigenvalue weighted by Crippen LogP contribution is 2.31. The highest BCUT2D eigenvalue weighted by molar-refractivity contribution is 6.03. The van der Waals surface area contributed by atoms with E-state index in [1.807, 2.05) is 48.6 Å². The highest BCUT2D eigenvalue weighted by atomic mass is 16.1. The summed E-state index contributed by atoms with van der Waals surface area (Å²) in [4.78, 5) is 15.3. The SMILES string of the molecule is O=C=C1CC=Cc2ncc3ccccc3c21. The Morgan fingerprint density at radius 1 is 1.25 bits per heavy atom. The molecule has 3 rings (SSSR count). The zero-order chi connectivity index (χ0) is 11.0. The van der Waals surface area contributed by atoms with Crippen molar-refractivity contribution < 1.29 is 4.79 Å². The molecular weight excluding hydrogens is 198 g/mol. The number of nitrogens with zero attached hydrogens (tertiary/aromatic N) is 1. The fourth-order valence-corrected chi connectivity index (χ4v) is 2.11. The highest BCUT2D eigenvalue weighted by Gasteiger charge is 2.15. The molecule has 1 aliphatic carbocycles. The van der Waals surface area contributed by atoms with Crippen molar-refractivity contribution in [1.29, 1.82) is 0 Å². The lowest BCUT2D eigenvalue weighted by molar-refractivity contribution is 0.569. The van der Waals surface area contributed by atoms with Crippen LogP contribution in [0.15, 0.2) is 36.5 Å². The van der Waals surface area contributed by atoms with Gasteiger partial charge in [-0.15, -0.1) is 0 Å². The minimum Gasteiger partial charge on any atom is -0.256 e. The van der Waals surface area contributed by atoms with E-state index in [1.54, 1.807) is 0 Å². The first-order valence-electron chi connectivity index (χ1n) is 5.19. The first-order chi connectivity index (χ1) is 7.90. The Hall–Kier alpha value is -2.18. The molecule has 0 amide bonds. The van der Waals surface area contributed by atoms with Gasteiger partial charge in [-0.1, -0.05) is 30.3 Å². The van der Waals surface area contributed by atoms with Gasteiger partial charge < -0.3 is 0 Å². The number of fused-ring (bicyclic) bond motifs is 3. The van der Waals surface area contributed by atoms with Crippen LogP contribution < -0.4 is 0 Å². The fraction of sp³-hybridized carbons (Fsp3) is 0.0714. The van der Waals surface area contributed by atoms with Crippen LogP contribution in [0.4, 0.5) is 0 Å². The van der Waals surface area contributed by atoms with Gasteiger partial charge in [-0.2, -0.15) is 0 Å². The molecule has 0 aliphatic heterocycles. The zero-order valence-corrected chi connectivity index (χ0v) is 8.60. The number of pyridine rings is 1. The summed E-state index contributed by atoms with van der Waals surface area (Å²) in [5.41, 5.74) is 2.50. The van der Waals surface area contributed by atoms with E-state index < -0.39 is 0 Å². The van der Waals surface area contributed by atoms with Gasteiger partial charge in [0, 0.05) is 29.1 Å². The second-order valence-corrected chi connectivity index (χ2v) is 3.79. The van der Waals surface area contributed by atoms with Crippen LogP contribution >= 0.6 is 0 Å². The molecule has 1 heterocycles. The molecule has 1 aliphatic rings. The molecule has 2 nitrogen and oxygen atoms in total. The molecular formula is C14H9NO. The molecule has 0 radical (unpaired) electrons. The molecule has 0 unspecified atom stereocenters. The number of aromatic nitrogens is 1. The molecule has 1 aromatic heterocycles. The maximum atomic E-state index is 10.9. The summed E-state index contributed by atoms with van der Waals surface area (Å²) in [5.74, 6) is 2.03. The number of rotatable bonds is 0. The second kappa shape index (κ2) is 3.44. The smallest absolute Gasteiger partial charge is 0.128 e. The van der Waals surface area contributed by atoms with Crippen molar-refractivity contribution in [3.63, 3.8) is 0 Å². The van der Waals surface area contributed by atoms with Crippen LogP contribution in [-0.4, -0.2) is 10.9 Å². The van der Waals surface area contributed by atoms with Gasteiger partial charge in [-0.25, -0.2) is 4.79 Å². The minimum atomic E-state index is 0.645. The number of allylic oxidation sites excluding steroid dienone is 2. The molecule has 0 saturated carbocycles. The average Bonchev–Trinajstić information content (AvgIpc) is 2.37. The number of hydrogen-bond acceptors (Lipinski definition) is 2. The van der Waals surface area contributed by atoms with Crippen molar-refractivity contribution in [3.8, 4) is 0 Å². The van der Waals surface area contributed by atoms with Crippen LogP contribution in [0.3, 0.4) is 0 Å². The molecule has 0 atom stereocenters. The van der Waals surface area contributed by atoms with Crippen molar-refractivity contribution in [2.75, 3.05) is 0 Å². The van der Waals surface area contributed by atoms with Crippen LogP contribution in [0.1, 0.15) is 17.7 Å². The largest absolute Gasteiger partial charge is 0.256 e. The molecule has 0 N–H and O–H groups in total. The Labute approximate surface area is 92.9 Å². The summed E-state index contributed by atoms with van der Waals surface area (Å²) >= 11 is 0. The average molecular weight is 207 g/mol. The van der Waals surface area contributed by atoms with Gasteiger partial charge in [0.15, 0.2) is 0 Å². The van der Waals surface area contributed by atoms with Crippen LogP contribution in [0.25, 0.3) is 22.4 Å². The Balaban J connectivity index is 2.49. The van der Waals surface area contributed by atoms with Crippen LogP contribution in [0.2, 0.25) is 0 Å². The maximum Gasteiger partial charge on any atom is 0.128 e. The van der Waals surface area contributed by atoms with Gasteiger partial charge in [0.05, 0.1) is 5.69 Å². The van der Waals surface area contributed by atoms with Gasteiger partial charge in [0.2, 0.25) is 0 Å². The molecule has 2 heteroatoms. The van der Waals surface area contributed by atoms with Crippen molar-refractivity contribution in [1.82, 2.24) is 4.98 Å². The van der Waals surface area contributed by atoms with Gasteiger partial charge in [0.25, 0.3) is 0 Å². The molecule has 1 aromatic carbocycles. The van der Waals surface area contributed by atoms with E-state index in [0.717, 1.165) is 22.0 Å². The van der Waals surface area contributed by atoms with Crippen molar-refractivity contribution >= 4 is 28.4 Å². The topological polar surface area (TPSA) is 30.0 Å². The van der Waals surface area contributed by atoms with Gasteiger partial charge in [-0.05, 0) is 11.5 Å². The van der Waals surface area contributed by atoms with Crippen molar-refractivity contribution in [2.24, 2.45) is 0 Å². The summed E-state index contributed by atoms with van der Waals surface area (Å²) in [7, 11) is 0. The Bertz CT molecular complexity index is 649. The Morgan fingerprint density at radius 3 is 3.00 bits per heavy atom. The molecule has 0 saturated heterocycles. The summed E-state index contributed by atoms with van der Waals surface area (Å²) in [6.07, 6.45) is 6.39. The van der Waals surface area contributed by atoms with Crippen molar-refractivity contribution in [3.05, 3.63) is 47.8 Å². The summed E-state index contributed by atoms with van der Waals surface area (Å²) in [5, 5.41) is 2.14. The summed E-state index contributed by atoms with van der Waals surface area (Å²) in [6.45, 7) is 0. The normalized spacial score (nSPS) is 13.6. The number of carbonyl (C=O) groups excluding carboxylic acids is 1. The van der Waals surface area contributed by atoms with Gasteiger partial charge in [-0.3, -0.25) is 4.98 Å². The van der Waals surface area contributed by atoms with Gasteiger partial charge >= 0.3 is 0 Å². The molecule has 2 aromatic rings. The lowest BCUT2D eigenvalue weighted by Crippen LogP contribution is -1.98. The molecule has 16 heavy (non-hydrogen) atoms. The number of hydrogen-bond donors (Lipinski definition) is 0. The number of benzene rings is 1. The van der Waals surface area contributed by atoms with E-state index >= 15 is 0 Å². The van der Waals surface area contributed by atoms with Crippen molar-refractivity contribution in [2.45, 2.75) is 6.42 Å². The maximum absolute atomic E-state index is 10.9. The molecule has 0 fully saturated rings. The van der Waals surface area contributed by atoms with E-state index in [0.29, 0.717) is 12.0 Å². The first kappa shape index (κ1) is 9.08.